The molecule has 21 heavy (non-hydrogen) atoms. The van der Waals surface area contributed by atoms with Crippen molar-refractivity contribution in [3.63, 3.8) is 0 Å². The summed E-state index contributed by atoms with van der Waals surface area (Å²) in [5.41, 5.74) is -0.160. The summed E-state index contributed by atoms with van der Waals surface area (Å²) in [7, 11) is 0. The summed E-state index contributed by atoms with van der Waals surface area (Å²) in [5, 5.41) is 5.60. The number of piperazine rings is 1. The Bertz CT molecular complexity index is 473. The van der Waals surface area contributed by atoms with E-state index in [1.54, 1.807) is 20.8 Å². The number of rotatable bonds is 1. The van der Waals surface area contributed by atoms with Crippen molar-refractivity contribution in [1.29, 1.82) is 0 Å². The lowest BCUT2D eigenvalue weighted by Gasteiger charge is -2.19. The number of nitrogens with one attached hydrogen (secondary N) is 2. The van der Waals surface area contributed by atoms with Crippen LogP contribution in [0.25, 0.3) is 0 Å². The lowest BCUT2D eigenvalue weighted by Crippen LogP contribution is -2.44. The molecule has 1 aliphatic rings. The molecule has 0 radical (unpaired) electrons. The van der Waals surface area contributed by atoms with Crippen molar-refractivity contribution in [2.75, 3.05) is 19.6 Å². The molecule has 1 aromatic carbocycles. The van der Waals surface area contributed by atoms with Crippen LogP contribution in [0.3, 0.4) is 0 Å². The second-order valence-corrected chi connectivity index (χ2v) is 5.54. The van der Waals surface area contributed by atoms with Gasteiger partial charge in [-0.05, 0) is 45.0 Å². The molecule has 116 valence electrons. The van der Waals surface area contributed by atoms with Crippen LogP contribution < -0.4 is 10.6 Å². The number of hydrogen-bond donors (Lipinski definition) is 2. The molecule has 1 fully saturated rings. The van der Waals surface area contributed by atoms with Gasteiger partial charge in [0, 0.05) is 13.1 Å². The maximum Gasteiger partial charge on any atom is 0.338 e. The van der Waals surface area contributed by atoms with E-state index in [0.29, 0.717) is 12.1 Å². The number of carbonyl (C=O) groups is 2. The van der Waals surface area contributed by atoms with Gasteiger partial charge in [-0.15, -0.1) is 0 Å². The molecule has 5 nitrogen and oxygen atoms in total. The summed E-state index contributed by atoms with van der Waals surface area (Å²) in [6.07, 6.45) is 0. The third-order valence-electron chi connectivity index (χ3n) is 2.39. The van der Waals surface area contributed by atoms with Gasteiger partial charge in [-0.2, -0.15) is 0 Å². The normalized spacial score (nSPS) is 14.6. The topological polar surface area (TPSA) is 67.4 Å². The molecule has 0 bridgehead atoms. The van der Waals surface area contributed by atoms with Crippen molar-refractivity contribution in [3.05, 3.63) is 35.6 Å². The molecule has 1 amide bonds. The maximum atomic E-state index is 12.5. The van der Waals surface area contributed by atoms with E-state index in [-0.39, 0.29) is 11.7 Å². The highest BCUT2D eigenvalue weighted by molar-refractivity contribution is 5.89. The number of benzene rings is 1. The van der Waals surface area contributed by atoms with Crippen molar-refractivity contribution in [1.82, 2.24) is 10.6 Å². The summed E-state index contributed by atoms with van der Waals surface area (Å²) in [6.45, 7) is 7.53. The number of carbonyl (C=O) groups excluding carboxylic acids is 2. The highest BCUT2D eigenvalue weighted by Crippen LogP contribution is 2.12. The van der Waals surface area contributed by atoms with Gasteiger partial charge in [-0.25, -0.2) is 9.18 Å². The first-order valence-electron chi connectivity index (χ1n) is 6.74. The number of hydrogen-bond acceptors (Lipinski definition) is 4. The third kappa shape index (κ3) is 7.41. The van der Waals surface area contributed by atoms with Crippen LogP contribution in [0.15, 0.2) is 24.3 Å². The molecule has 0 unspecified atom stereocenters. The molecule has 0 spiro atoms. The summed E-state index contributed by atoms with van der Waals surface area (Å²) in [4.78, 5) is 21.7. The van der Waals surface area contributed by atoms with E-state index in [0.717, 1.165) is 13.1 Å². The Hall–Kier alpha value is -1.95. The first-order chi connectivity index (χ1) is 9.78. The molecular weight excluding hydrogens is 275 g/mol. The Balaban J connectivity index is 0.000000262. The van der Waals surface area contributed by atoms with Gasteiger partial charge in [0.15, 0.2) is 0 Å². The minimum atomic E-state index is -0.522. The van der Waals surface area contributed by atoms with E-state index in [1.807, 2.05) is 0 Å². The van der Waals surface area contributed by atoms with Crippen molar-refractivity contribution in [2.24, 2.45) is 0 Å². The number of ether oxygens (including phenoxy) is 1. The van der Waals surface area contributed by atoms with Crippen molar-refractivity contribution < 1.29 is 18.7 Å². The smallest absolute Gasteiger partial charge is 0.338 e. The Morgan fingerprint density at radius 3 is 2.19 bits per heavy atom. The molecule has 0 aliphatic carbocycles. The molecule has 1 heterocycles. The summed E-state index contributed by atoms with van der Waals surface area (Å²) in [6, 6.07) is 5.28. The van der Waals surface area contributed by atoms with Gasteiger partial charge in [0.05, 0.1) is 12.1 Å². The van der Waals surface area contributed by atoms with E-state index in [1.165, 1.54) is 24.3 Å². The summed E-state index contributed by atoms with van der Waals surface area (Å²) < 4.78 is 17.6. The fraction of sp³-hybridized carbons (Fsp3) is 0.467. The van der Waals surface area contributed by atoms with Crippen molar-refractivity contribution in [3.8, 4) is 0 Å². The number of halogens is 1. The van der Waals surface area contributed by atoms with Gasteiger partial charge in [-0.3, -0.25) is 4.79 Å². The Morgan fingerprint density at radius 2 is 1.81 bits per heavy atom. The van der Waals surface area contributed by atoms with Gasteiger partial charge in [0.25, 0.3) is 0 Å². The molecule has 2 N–H and O–H groups in total. The van der Waals surface area contributed by atoms with Crippen molar-refractivity contribution in [2.45, 2.75) is 26.4 Å². The lowest BCUT2D eigenvalue weighted by molar-refractivity contribution is -0.121. The fourth-order valence-corrected chi connectivity index (χ4v) is 1.48. The van der Waals surface area contributed by atoms with Crippen LogP contribution in [-0.2, 0) is 9.53 Å². The summed E-state index contributed by atoms with van der Waals surface area (Å²) in [5.74, 6) is -0.693. The SMILES string of the molecule is CC(C)(C)OC(=O)c1ccc(F)cc1.O=C1CNCCN1. The van der Waals surface area contributed by atoms with Gasteiger partial charge >= 0.3 is 5.97 Å². The molecule has 6 heteroatoms. The van der Waals surface area contributed by atoms with E-state index >= 15 is 0 Å². The first kappa shape index (κ1) is 17.1. The monoisotopic (exact) mass is 296 g/mol. The second-order valence-electron chi connectivity index (χ2n) is 5.54. The number of amides is 1. The average Bonchev–Trinajstić information content (AvgIpc) is 2.39. The highest BCUT2D eigenvalue weighted by atomic mass is 19.1. The van der Waals surface area contributed by atoms with Gasteiger partial charge < -0.3 is 15.4 Å². The van der Waals surface area contributed by atoms with Crippen molar-refractivity contribution >= 4 is 11.9 Å². The Morgan fingerprint density at radius 1 is 1.19 bits per heavy atom. The molecule has 2 rings (SSSR count). The highest BCUT2D eigenvalue weighted by Gasteiger charge is 2.17. The standard InChI is InChI=1S/C11H13FO2.C4H8N2O/c1-11(2,3)14-10(13)8-4-6-9(12)7-5-8;7-4-3-5-1-2-6-4/h4-7H,1-3H3;5H,1-3H2,(H,6,7). The second kappa shape index (κ2) is 7.73. The van der Waals surface area contributed by atoms with Gasteiger partial charge in [-0.1, -0.05) is 0 Å². The van der Waals surface area contributed by atoms with E-state index in [2.05, 4.69) is 10.6 Å². The Kier molecular flexibility index (Phi) is 6.30. The fourth-order valence-electron chi connectivity index (χ4n) is 1.48. The molecule has 0 saturated carbocycles. The predicted octanol–water partition coefficient (Wildman–Crippen LogP) is 1.49. The molecule has 1 saturated heterocycles. The van der Waals surface area contributed by atoms with Crippen LogP contribution in [-0.4, -0.2) is 37.1 Å². The summed E-state index contributed by atoms with van der Waals surface area (Å²) >= 11 is 0. The minimum absolute atomic E-state index is 0.103. The largest absolute Gasteiger partial charge is 0.456 e. The number of esters is 1. The van der Waals surface area contributed by atoms with E-state index in [9.17, 15) is 14.0 Å². The zero-order chi connectivity index (χ0) is 15.9. The molecule has 1 aliphatic heterocycles. The first-order valence-corrected chi connectivity index (χ1v) is 6.74. The quantitative estimate of drug-likeness (QED) is 0.771. The van der Waals surface area contributed by atoms with Crippen LogP contribution in [0.4, 0.5) is 4.39 Å². The van der Waals surface area contributed by atoms with E-state index in [4.69, 9.17) is 4.74 Å². The predicted molar refractivity (Wildman–Crippen MR) is 77.4 cm³/mol. The van der Waals surface area contributed by atoms with Crippen LogP contribution in [0, 0.1) is 5.82 Å². The van der Waals surface area contributed by atoms with Gasteiger partial charge in [0.2, 0.25) is 5.91 Å². The minimum Gasteiger partial charge on any atom is -0.456 e. The molecule has 1 aromatic rings. The average molecular weight is 296 g/mol. The Labute approximate surface area is 123 Å². The molecular formula is C15H21FN2O3. The van der Waals surface area contributed by atoms with Gasteiger partial charge in [0.1, 0.15) is 11.4 Å². The van der Waals surface area contributed by atoms with Crippen LogP contribution in [0.1, 0.15) is 31.1 Å². The van der Waals surface area contributed by atoms with Crippen LogP contribution >= 0.6 is 0 Å². The lowest BCUT2D eigenvalue weighted by atomic mass is 10.1. The zero-order valence-electron chi connectivity index (χ0n) is 12.5. The third-order valence-corrected chi connectivity index (χ3v) is 2.39. The van der Waals surface area contributed by atoms with Crippen LogP contribution in [0.5, 0.6) is 0 Å². The maximum absolute atomic E-state index is 12.5. The van der Waals surface area contributed by atoms with E-state index < -0.39 is 11.6 Å². The molecule has 0 aromatic heterocycles. The molecule has 0 atom stereocenters. The zero-order valence-corrected chi connectivity index (χ0v) is 12.5. The van der Waals surface area contributed by atoms with Crippen LogP contribution in [0.2, 0.25) is 0 Å².